The van der Waals surface area contributed by atoms with Gasteiger partial charge in [-0.1, -0.05) is 13.8 Å². The molecule has 1 aromatic rings. The maximum atomic E-state index is 12.4. The highest BCUT2D eigenvalue weighted by atomic mass is 19.4. The number of hydrogen-bond donors (Lipinski definition) is 0. The number of nitrogens with zero attached hydrogens (tertiary/aromatic N) is 3. The van der Waals surface area contributed by atoms with Gasteiger partial charge in [0.2, 0.25) is 0 Å². The molecule has 1 aromatic heterocycles. The predicted octanol–water partition coefficient (Wildman–Crippen LogP) is 2.52. The Bertz CT molecular complexity index is 303. The molecule has 80 valence electrons. The topological polar surface area (TPSA) is 30.7 Å². The van der Waals surface area contributed by atoms with Crippen LogP contribution in [0.5, 0.6) is 0 Å². The van der Waals surface area contributed by atoms with Gasteiger partial charge in [-0.15, -0.1) is 0 Å². The Hall–Kier alpha value is -1.07. The molecule has 6 heteroatoms. The lowest BCUT2D eigenvalue weighted by Gasteiger charge is -2.18. The van der Waals surface area contributed by atoms with Gasteiger partial charge >= 0.3 is 6.18 Å². The van der Waals surface area contributed by atoms with E-state index < -0.39 is 12.2 Å². The third kappa shape index (κ3) is 2.05. The molecule has 1 atom stereocenters. The number of hydrogen-bond acceptors (Lipinski definition) is 2. The van der Waals surface area contributed by atoms with Gasteiger partial charge in [-0.25, -0.2) is 9.67 Å². The van der Waals surface area contributed by atoms with Gasteiger partial charge in [0.1, 0.15) is 18.2 Å². The molecule has 0 fully saturated rings. The summed E-state index contributed by atoms with van der Waals surface area (Å²) < 4.78 is 38.0. The van der Waals surface area contributed by atoms with E-state index in [-0.39, 0.29) is 5.92 Å². The summed E-state index contributed by atoms with van der Waals surface area (Å²) in [5, 5.41) is 3.59. The Kier molecular flexibility index (Phi) is 2.82. The Morgan fingerprint density at radius 3 is 2.29 bits per heavy atom. The molecule has 1 heterocycles. The molecule has 0 saturated heterocycles. The Labute approximate surface area is 79.9 Å². The minimum Gasteiger partial charge on any atom is -0.238 e. The summed E-state index contributed by atoms with van der Waals surface area (Å²) in [5.41, 5.74) is 0. The van der Waals surface area contributed by atoms with Gasteiger partial charge in [0.25, 0.3) is 0 Å². The van der Waals surface area contributed by atoms with Crippen molar-refractivity contribution in [1.82, 2.24) is 14.8 Å². The van der Waals surface area contributed by atoms with E-state index in [1.807, 2.05) is 0 Å². The SMILES string of the molecule is CC(C)c1ncnn1[C@H](C)C(F)(F)F. The van der Waals surface area contributed by atoms with Crippen molar-refractivity contribution in [3.05, 3.63) is 12.2 Å². The third-order valence-electron chi connectivity index (χ3n) is 1.96. The Morgan fingerprint density at radius 1 is 1.29 bits per heavy atom. The molecule has 0 amide bonds. The second kappa shape index (κ2) is 3.59. The van der Waals surface area contributed by atoms with Gasteiger partial charge < -0.3 is 0 Å². The van der Waals surface area contributed by atoms with Crippen LogP contribution in [0.25, 0.3) is 0 Å². The lowest BCUT2D eigenvalue weighted by Crippen LogP contribution is -2.26. The zero-order valence-corrected chi connectivity index (χ0v) is 8.21. The zero-order valence-electron chi connectivity index (χ0n) is 8.21. The zero-order chi connectivity index (χ0) is 10.9. The van der Waals surface area contributed by atoms with Gasteiger partial charge in [-0.05, 0) is 6.92 Å². The van der Waals surface area contributed by atoms with Crippen molar-refractivity contribution in [3.63, 3.8) is 0 Å². The fraction of sp³-hybridized carbons (Fsp3) is 0.750. The molecular weight excluding hydrogens is 195 g/mol. The van der Waals surface area contributed by atoms with Gasteiger partial charge in [-0.3, -0.25) is 0 Å². The number of rotatable bonds is 2. The first-order valence-corrected chi connectivity index (χ1v) is 4.30. The molecule has 14 heavy (non-hydrogen) atoms. The summed E-state index contributed by atoms with van der Waals surface area (Å²) in [6.07, 6.45) is -3.13. The monoisotopic (exact) mass is 207 g/mol. The maximum Gasteiger partial charge on any atom is 0.410 e. The number of aromatic nitrogens is 3. The molecule has 0 bridgehead atoms. The fourth-order valence-electron chi connectivity index (χ4n) is 1.11. The summed E-state index contributed by atoms with van der Waals surface area (Å²) in [4.78, 5) is 3.80. The highest BCUT2D eigenvalue weighted by Gasteiger charge is 2.39. The van der Waals surface area contributed by atoms with Crippen LogP contribution in [0.3, 0.4) is 0 Å². The van der Waals surface area contributed by atoms with Crippen LogP contribution in [0, 0.1) is 0 Å². The van der Waals surface area contributed by atoms with Crippen LogP contribution >= 0.6 is 0 Å². The molecule has 0 spiro atoms. The Balaban J connectivity index is 3.01. The van der Waals surface area contributed by atoms with Crippen LogP contribution in [0.15, 0.2) is 6.33 Å². The van der Waals surface area contributed by atoms with Crippen molar-refractivity contribution in [2.24, 2.45) is 0 Å². The molecule has 0 aliphatic heterocycles. The van der Waals surface area contributed by atoms with Crippen LogP contribution in [0.4, 0.5) is 13.2 Å². The van der Waals surface area contributed by atoms with E-state index in [4.69, 9.17) is 0 Å². The average molecular weight is 207 g/mol. The first-order valence-electron chi connectivity index (χ1n) is 4.30. The second-order valence-corrected chi connectivity index (χ2v) is 3.44. The minimum atomic E-state index is -4.28. The summed E-state index contributed by atoms with van der Waals surface area (Å²) in [6.45, 7) is 4.63. The molecule has 0 unspecified atom stereocenters. The number of halogens is 3. The average Bonchev–Trinajstić information content (AvgIpc) is 2.48. The van der Waals surface area contributed by atoms with Crippen LogP contribution < -0.4 is 0 Å². The highest BCUT2D eigenvalue weighted by molar-refractivity contribution is 4.94. The van der Waals surface area contributed by atoms with Crippen molar-refractivity contribution < 1.29 is 13.2 Å². The van der Waals surface area contributed by atoms with Crippen molar-refractivity contribution >= 4 is 0 Å². The molecule has 0 saturated carbocycles. The van der Waals surface area contributed by atoms with Crippen LogP contribution in [-0.4, -0.2) is 20.9 Å². The van der Waals surface area contributed by atoms with E-state index in [0.717, 1.165) is 17.9 Å². The predicted molar refractivity (Wildman–Crippen MR) is 44.9 cm³/mol. The minimum absolute atomic E-state index is 0.0673. The van der Waals surface area contributed by atoms with Crippen LogP contribution in [0.2, 0.25) is 0 Å². The maximum absolute atomic E-state index is 12.4. The van der Waals surface area contributed by atoms with Crippen LogP contribution in [0.1, 0.15) is 38.6 Å². The van der Waals surface area contributed by atoms with Gasteiger partial charge in [0, 0.05) is 5.92 Å². The van der Waals surface area contributed by atoms with E-state index >= 15 is 0 Å². The third-order valence-corrected chi connectivity index (χ3v) is 1.96. The fourth-order valence-corrected chi connectivity index (χ4v) is 1.11. The van der Waals surface area contributed by atoms with E-state index in [0.29, 0.717) is 5.82 Å². The van der Waals surface area contributed by atoms with E-state index in [1.54, 1.807) is 13.8 Å². The molecule has 1 rings (SSSR count). The van der Waals surface area contributed by atoms with Crippen molar-refractivity contribution in [1.29, 1.82) is 0 Å². The molecule has 0 aromatic carbocycles. The first kappa shape index (κ1) is 11.0. The van der Waals surface area contributed by atoms with Crippen LogP contribution in [-0.2, 0) is 0 Å². The van der Waals surface area contributed by atoms with E-state index in [1.165, 1.54) is 0 Å². The van der Waals surface area contributed by atoms with Crippen molar-refractivity contribution in [2.75, 3.05) is 0 Å². The molecule has 0 aliphatic carbocycles. The normalized spacial score (nSPS) is 14.8. The lowest BCUT2D eigenvalue weighted by molar-refractivity contribution is -0.166. The van der Waals surface area contributed by atoms with Gasteiger partial charge in [0.05, 0.1) is 0 Å². The summed E-state index contributed by atoms with van der Waals surface area (Å²) in [7, 11) is 0. The molecule has 0 radical (unpaired) electrons. The van der Waals surface area contributed by atoms with E-state index in [2.05, 4.69) is 10.1 Å². The Morgan fingerprint density at radius 2 is 1.86 bits per heavy atom. The molecular formula is C8H12F3N3. The quantitative estimate of drug-likeness (QED) is 0.746. The molecule has 0 N–H and O–H groups in total. The summed E-state index contributed by atoms with van der Waals surface area (Å²) in [6, 6.07) is -1.62. The standard InChI is InChI=1S/C8H12F3N3/c1-5(2)7-12-4-13-14(7)6(3)8(9,10)11/h4-6H,1-3H3/t6-/m1/s1. The molecule has 3 nitrogen and oxygen atoms in total. The van der Waals surface area contributed by atoms with Gasteiger partial charge in [0.15, 0.2) is 0 Å². The van der Waals surface area contributed by atoms with E-state index in [9.17, 15) is 13.2 Å². The first-order chi connectivity index (χ1) is 6.34. The summed E-state index contributed by atoms with van der Waals surface area (Å²) in [5.74, 6) is 0.289. The number of alkyl halides is 3. The van der Waals surface area contributed by atoms with Gasteiger partial charge in [-0.2, -0.15) is 18.3 Å². The summed E-state index contributed by atoms with van der Waals surface area (Å²) >= 11 is 0. The van der Waals surface area contributed by atoms with Crippen molar-refractivity contribution in [2.45, 2.75) is 38.9 Å². The highest BCUT2D eigenvalue weighted by Crippen LogP contribution is 2.30. The molecule has 0 aliphatic rings. The lowest BCUT2D eigenvalue weighted by atomic mass is 10.2. The second-order valence-electron chi connectivity index (χ2n) is 3.44. The largest absolute Gasteiger partial charge is 0.410 e. The smallest absolute Gasteiger partial charge is 0.238 e. The van der Waals surface area contributed by atoms with Crippen molar-refractivity contribution in [3.8, 4) is 0 Å².